The number of rotatable bonds is 2. The van der Waals surface area contributed by atoms with Crippen LogP contribution in [0, 0.1) is 0 Å². The summed E-state index contributed by atoms with van der Waals surface area (Å²) in [5.41, 5.74) is 2.50. The number of hydrogen-bond donors (Lipinski definition) is 1. The van der Waals surface area contributed by atoms with Crippen molar-refractivity contribution in [3.05, 3.63) is 70.9 Å². The second kappa shape index (κ2) is 6.62. The van der Waals surface area contributed by atoms with Gasteiger partial charge in [-0.1, -0.05) is 48.0 Å². The molecule has 2 aliphatic heterocycles. The first-order valence-corrected chi connectivity index (χ1v) is 10.1. The summed E-state index contributed by atoms with van der Waals surface area (Å²) < 4.78 is 0. The fourth-order valence-corrected chi connectivity index (χ4v) is 5.32. The number of nitrogens with zero attached hydrogens (tertiary/aromatic N) is 3. The van der Waals surface area contributed by atoms with E-state index in [0.29, 0.717) is 5.02 Å². The molecule has 2 atom stereocenters. The van der Waals surface area contributed by atoms with E-state index in [-0.39, 0.29) is 17.6 Å². The SMILES string of the molecule is O[C@H]1[C@H](N2CC=CC2)c2ccccc2C12CCN(c1ccc(Cl)cn1)CC2. The number of hydrogen-bond acceptors (Lipinski definition) is 4. The van der Waals surface area contributed by atoms with Crippen LogP contribution < -0.4 is 4.90 Å². The van der Waals surface area contributed by atoms with E-state index in [1.807, 2.05) is 12.1 Å². The number of anilines is 1. The van der Waals surface area contributed by atoms with E-state index in [1.165, 1.54) is 11.1 Å². The smallest absolute Gasteiger partial charge is 0.128 e. The van der Waals surface area contributed by atoms with Crippen molar-refractivity contribution in [2.45, 2.75) is 30.4 Å². The van der Waals surface area contributed by atoms with Gasteiger partial charge in [0.1, 0.15) is 5.82 Å². The van der Waals surface area contributed by atoms with Crippen LogP contribution in [0.2, 0.25) is 5.02 Å². The number of aliphatic hydroxyl groups excluding tert-OH is 1. The Hall–Kier alpha value is -1.88. The standard InChI is InChI=1S/C22H24ClN3O/c23-16-7-8-19(24-15-16)25-13-9-22(10-14-25)18-6-2-1-5-17(18)20(21(22)27)26-11-3-4-12-26/h1-8,15,20-21,27H,9-14H2/t20-,21+/m1/s1. The summed E-state index contributed by atoms with van der Waals surface area (Å²) in [5.74, 6) is 0.968. The van der Waals surface area contributed by atoms with E-state index in [4.69, 9.17) is 11.6 Å². The number of fused-ring (bicyclic) bond motifs is 2. The van der Waals surface area contributed by atoms with E-state index in [0.717, 1.165) is 44.8 Å². The first-order chi connectivity index (χ1) is 13.2. The largest absolute Gasteiger partial charge is 0.390 e. The predicted molar refractivity (Wildman–Crippen MR) is 108 cm³/mol. The van der Waals surface area contributed by atoms with Gasteiger partial charge in [0.05, 0.1) is 17.2 Å². The third kappa shape index (κ3) is 2.70. The number of pyridine rings is 1. The number of aromatic nitrogens is 1. The van der Waals surface area contributed by atoms with Crippen molar-refractivity contribution in [1.82, 2.24) is 9.88 Å². The van der Waals surface area contributed by atoms with Crippen LogP contribution in [0.15, 0.2) is 54.7 Å². The van der Waals surface area contributed by atoms with Crippen LogP contribution in [0.25, 0.3) is 0 Å². The highest BCUT2D eigenvalue weighted by Gasteiger charge is 2.54. The Bertz CT molecular complexity index is 850. The lowest BCUT2D eigenvalue weighted by molar-refractivity contribution is 0.00982. The molecule has 1 aliphatic carbocycles. The molecule has 5 rings (SSSR count). The van der Waals surface area contributed by atoms with E-state index in [9.17, 15) is 5.11 Å². The van der Waals surface area contributed by atoms with Gasteiger partial charge in [-0.05, 0) is 36.1 Å². The zero-order chi connectivity index (χ0) is 18.4. The van der Waals surface area contributed by atoms with Crippen LogP contribution in [-0.4, -0.2) is 47.3 Å². The normalized spacial score (nSPS) is 26.7. The minimum Gasteiger partial charge on any atom is -0.390 e. The van der Waals surface area contributed by atoms with E-state index in [1.54, 1.807) is 6.20 Å². The molecule has 1 fully saturated rings. The van der Waals surface area contributed by atoms with Crippen molar-refractivity contribution >= 4 is 17.4 Å². The van der Waals surface area contributed by atoms with Gasteiger partial charge >= 0.3 is 0 Å². The van der Waals surface area contributed by atoms with Crippen LogP contribution in [0.3, 0.4) is 0 Å². The molecule has 27 heavy (non-hydrogen) atoms. The second-order valence-electron chi connectivity index (χ2n) is 7.88. The molecule has 3 aliphatic rings. The Morgan fingerprint density at radius 3 is 2.48 bits per heavy atom. The Kier molecular flexibility index (Phi) is 4.23. The summed E-state index contributed by atoms with van der Waals surface area (Å²) in [4.78, 5) is 9.17. The number of piperidine rings is 1. The molecular weight excluding hydrogens is 358 g/mol. The lowest BCUT2D eigenvalue weighted by atomic mass is 9.72. The molecule has 2 aromatic rings. The van der Waals surface area contributed by atoms with Gasteiger partial charge in [0.25, 0.3) is 0 Å². The highest BCUT2D eigenvalue weighted by Crippen LogP contribution is 2.53. The van der Waals surface area contributed by atoms with Crippen LogP contribution >= 0.6 is 11.6 Å². The maximum atomic E-state index is 11.5. The Morgan fingerprint density at radius 2 is 1.78 bits per heavy atom. The quantitative estimate of drug-likeness (QED) is 0.807. The minimum absolute atomic E-state index is 0.0939. The predicted octanol–water partition coefficient (Wildman–Crippen LogP) is 3.56. The van der Waals surface area contributed by atoms with E-state index >= 15 is 0 Å². The fourth-order valence-electron chi connectivity index (χ4n) is 5.21. The molecule has 0 amide bonds. The number of halogens is 1. The molecule has 1 aromatic carbocycles. The first kappa shape index (κ1) is 17.2. The second-order valence-corrected chi connectivity index (χ2v) is 8.32. The van der Waals surface area contributed by atoms with Crippen molar-refractivity contribution in [2.24, 2.45) is 0 Å². The third-order valence-electron chi connectivity index (χ3n) is 6.61. The Balaban J connectivity index is 1.43. The van der Waals surface area contributed by atoms with Crippen molar-refractivity contribution in [1.29, 1.82) is 0 Å². The molecule has 4 nitrogen and oxygen atoms in total. The van der Waals surface area contributed by atoms with Crippen molar-refractivity contribution in [3.8, 4) is 0 Å². The summed E-state index contributed by atoms with van der Waals surface area (Å²) in [6, 6.07) is 12.6. The van der Waals surface area contributed by atoms with Gasteiger partial charge in [0.2, 0.25) is 0 Å². The number of benzene rings is 1. The highest BCUT2D eigenvalue weighted by molar-refractivity contribution is 6.30. The molecule has 5 heteroatoms. The maximum Gasteiger partial charge on any atom is 0.128 e. The van der Waals surface area contributed by atoms with Gasteiger partial charge in [-0.2, -0.15) is 0 Å². The van der Waals surface area contributed by atoms with Crippen molar-refractivity contribution in [2.75, 3.05) is 31.1 Å². The maximum absolute atomic E-state index is 11.5. The molecule has 1 aromatic heterocycles. The van der Waals surface area contributed by atoms with Gasteiger partial charge in [0.15, 0.2) is 0 Å². The third-order valence-corrected chi connectivity index (χ3v) is 6.84. The highest BCUT2D eigenvalue weighted by atomic mass is 35.5. The summed E-state index contributed by atoms with van der Waals surface area (Å²) in [7, 11) is 0. The fraction of sp³-hybridized carbons (Fsp3) is 0.409. The van der Waals surface area contributed by atoms with Crippen LogP contribution in [-0.2, 0) is 5.41 Å². The van der Waals surface area contributed by atoms with Gasteiger partial charge < -0.3 is 10.0 Å². The molecule has 1 spiro atoms. The topological polar surface area (TPSA) is 39.6 Å². The molecule has 1 N–H and O–H groups in total. The molecule has 140 valence electrons. The van der Waals surface area contributed by atoms with Crippen LogP contribution in [0.4, 0.5) is 5.82 Å². The molecule has 0 unspecified atom stereocenters. The van der Waals surface area contributed by atoms with E-state index < -0.39 is 0 Å². The summed E-state index contributed by atoms with van der Waals surface area (Å²) in [6.07, 6.45) is 7.62. The van der Waals surface area contributed by atoms with Gasteiger partial charge in [-0.25, -0.2) is 4.98 Å². The monoisotopic (exact) mass is 381 g/mol. The average molecular weight is 382 g/mol. The Labute approximate surface area is 165 Å². The van der Waals surface area contributed by atoms with Crippen molar-refractivity contribution in [3.63, 3.8) is 0 Å². The zero-order valence-corrected chi connectivity index (χ0v) is 16.0. The molecular formula is C22H24ClN3O. The lowest BCUT2D eigenvalue weighted by Crippen LogP contribution is -2.49. The van der Waals surface area contributed by atoms with Gasteiger partial charge in [-0.3, -0.25) is 4.90 Å². The minimum atomic E-state index is -0.366. The van der Waals surface area contributed by atoms with Gasteiger partial charge in [0, 0.05) is 37.8 Å². The molecule has 3 heterocycles. The van der Waals surface area contributed by atoms with E-state index in [2.05, 4.69) is 51.2 Å². The summed E-state index contributed by atoms with van der Waals surface area (Å²) in [5, 5.41) is 12.2. The summed E-state index contributed by atoms with van der Waals surface area (Å²) >= 11 is 5.98. The lowest BCUT2D eigenvalue weighted by Gasteiger charge is -2.44. The molecule has 1 saturated heterocycles. The number of aliphatic hydroxyl groups is 1. The molecule has 0 bridgehead atoms. The first-order valence-electron chi connectivity index (χ1n) is 9.72. The van der Waals surface area contributed by atoms with Gasteiger partial charge in [-0.15, -0.1) is 0 Å². The Morgan fingerprint density at radius 1 is 1.04 bits per heavy atom. The van der Waals surface area contributed by atoms with Crippen LogP contribution in [0.1, 0.15) is 30.0 Å². The molecule has 0 radical (unpaired) electrons. The molecule has 0 saturated carbocycles. The van der Waals surface area contributed by atoms with Crippen molar-refractivity contribution < 1.29 is 5.11 Å². The average Bonchev–Trinajstić information content (AvgIpc) is 3.30. The summed E-state index contributed by atoms with van der Waals surface area (Å²) in [6.45, 7) is 3.63. The van der Waals surface area contributed by atoms with Crippen LogP contribution in [0.5, 0.6) is 0 Å². The zero-order valence-electron chi connectivity index (χ0n) is 15.3.